The first-order valence-electron chi connectivity index (χ1n) is 11.2. The predicted octanol–water partition coefficient (Wildman–Crippen LogP) is 7.18. The Hall–Kier alpha value is 0. The van der Waals surface area contributed by atoms with E-state index in [1.54, 1.807) is 19.3 Å². The zero-order valence-corrected chi connectivity index (χ0v) is 17.7. The Kier molecular flexibility index (Phi) is 3.51. The smallest absolute Gasteiger partial charge is 0.0199 e. The molecule has 4 fully saturated rings. The van der Waals surface area contributed by atoms with Crippen LogP contribution in [0.25, 0.3) is 0 Å². The molecule has 0 amide bonds. The van der Waals surface area contributed by atoms with Gasteiger partial charge in [-0.1, -0.05) is 61.8 Å². The van der Waals surface area contributed by atoms with E-state index < -0.39 is 0 Å². The molecule has 1 spiro atoms. The molecule has 0 radical (unpaired) electrons. The molecule has 0 aromatic heterocycles. The van der Waals surface area contributed by atoms with E-state index in [0.29, 0.717) is 10.8 Å². The molecular weight excluding hydrogens is 288 g/mol. The summed E-state index contributed by atoms with van der Waals surface area (Å²) in [6.07, 6.45) is 8.97. The number of hydrogen-bond acceptors (Lipinski definition) is 0. The van der Waals surface area contributed by atoms with Gasteiger partial charge in [0.25, 0.3) is 0 Å². The molecule has 138 valence electrons. The van der Waals surface area contributed by atoms with Crippen LogP contribution in [0, 0.1) is 57.2 Å². The number of hydrogen-bond donors (Lipinski definition) is 0. The summed E-state index contributed by atoms with van der Waals surface area (Å²) in [5, 5.41) is 0. The van der Waals surface area contributed by atoms with Crippen LogP contribution in [0.1, 0.15) is 93.9 Å². The van der Waals surface area contributed by atoms with Gasteiger partial charge in [0.1, 0.15) is 0 Å². The van der Waals surface area contributed by atoms with E-state index in [4.69, 9.17) is 0 Å². The first-order chi connectivity index (χ1) is 11.2. The van der Waals surface area contributed by atoms with E-state index in [0.717, 1.165) is 46.3 Å². The van der Waals surface area contributed by atoms with Gasteiger partial charge in [-0.3, -0.25) is 0 Å². The summed E-state index contributed by atoms with van der Waals surface area (Å²) in [5.41, 5.74) is 2.90. The first kappa shape index (κ1) is 17.4. The summed E-state index contributed by atoms with van der Waals surface area (Å²) >= 11 is 0. The molecule has 0 heteroatoms. The standard InChI is InChI=1S/C24H42/c1-9-17(7)24-14-22(18(24)12-16(6)19(24)15(4)5)13-23(11-3)20(22)21(23,8)10-2/h15-20H,9-14H2,1-8H3/t16-,17-,18-,19-,20+,21?,22-,23-,24+/m0/s1. The largest absolute Gasteiger partial charge is 0.0651 e. The van der Waals surface area contributed by atoms with Crippen molar-refractivity contribution >= 4 is 0 Å². The summed E-state index contributed by atoms with van der Waals surface area (Å²) < 4.78 is 0. The molecule has 4 rings (SSSR count). The third-order valence-electron chi connectivity index (χ3n) is 10.9. The van der Waals surface area contributed by atoms with Crippen LogP contribution < -0.4 is 0 Å². The molecule has 0 saturated heterocycles. The van der Waals surface area contributed by atoms with Crippen molar-refractivity contribution in [1.29, 1.82) is 0 Å². The topological polar surface area (TPSA) is 0 Å². The Morgan fingerprint density at radius 3 is 2.12 bits per heavy atom. The highest BCUT2D eigenvalue weighted by Crippen LogP contribution is 2.97. The molecule has 0 heterocycles. The third kappa shape index (κ3) is 1.48. The third-order valence-corrected chi connectivity index (χ3v) is 10.9. The van der Waals surface area contributed by atoms with E-state index in [1.807, 2.05) is 0 Å². The SMILES string of the molecule is CC[C@H](C)[C@]12C[C@@]3(C[C@@]4(CC)[C@@H]3C4(C)CC)[C@@H]1C[C@H](C)[C@@H]2C(C)C. The fourth-order valence-electron chi connectivity index (χ4n) is 10.2. The highest BCUT2D eigenvalue weighted by molar-refractivity contribution is 5.39. The monoisotopic (exact) mass is 330 g/mol. The quantitative estimate of drug-likeness (QED) is 0.500. The van der Waals surface area contributed by atoms with Crippen molar-refractivity contribution in [2.45, 2.75) is 93.9 Å². The highest BCUT2D eigenvalue weighted by Gasteiger charge is 2.91. The summed E-state index contributed by atoms with van der Waals surface area (Å²) in [4.78, 5) is 0. The average molecular weight is 331 g/mol. The van der Waals surface area contributed by atoms with Crippen LogP contribution in [-0.2, 0) is 0 Å². The lowest BCUT2D eigenvalue weighted by molar-refractivity contribution is -0.230. The fraction of sp³-hybridized carbons (Fsp3) is 1.00. The molecule has 24 heavy (non-hydrogen) atoms. The van der Waals surface area contributed by atoms with Gasteiger partial charge in [-0.05, 0) is 89.3 Å². The molecule has 4 aliphatic rings. The second kappa shape index (κ2) is 4.83. The van der Waals surface area contributed by atoms with Crippen molar-refractivity contribution < 1.29 is 0 Å². The molecular formula is C24H42. The zero-order valence-electron chi connectivity index (χ0n) is 17.7. The van der Waals surface area contributed by atoms with Gasteiger partial charge in [-0.15, -0.1) is 0 Å². The number of fused-ring (bicyclic) bond motifs is 4. The fourth-order valence-corrected chi connectivity index (χ4v) is 10.2. The summed E-state index contributed by atoms with van der Waals surface area (Å²) in [7, 11) is 0. The van der Waals surface area contributed by atoms with Gasteiger partial charge in [0.15, 0.2) is 0 Å². The molecule has 0 bridgehead atoms. The first-order valence-corrected chi connectivity index (χ1v) is 11.2. The molecule has 4 aliphatic carbocycles. The molecule has 0 aliphatic heterocycles. The van der Waals surface area contributed by atoms with Crippen LogP contribution in [0.15, 0.2) is 0 Å². The summed E-state index contributed by atoms with van der Waals surface area (Å²) in [5.74, 6) is 5.85. The molecule has 4 saturated carbocycles. The maximum Gasteiger partial charge on any atom is -0.0199 e. The van der Waals surface area contributed by atoms with Gasteiger partial charge in [0.2, 0.25) is 0 Å². The lowest BCUT2D eigenvalue weighted by atomic mass is 9.33. The van der Waals surface area contributed by atoms with Crippen LogP contribution in [0.3, 0.4) is 0 Å². The molecule has 0 N–H and O–H groups in total. The van der Waals surface area contributed by atoms with Gasteiger partial charge >= 0.3 is 0 Å². The van der Waals surface area contributed by atoms with E-state index in [2.05, 4.69) is 55.4 Å². The van der Waals surface area contributed by atoms with Gasteiger partial charge < -0.3 is 0 Å². The van der Waals surface area contributed by atoms with Crippen LogP contribution in [0.5, 0.6) is 0 Å². The van der Waals surface area contributed by atoms with Crippen LogP contribution in [0.4, 0.5) is 0 Å². The minimum atomic E-state index is 0.683. The number of rotatable bonds is 5. The summed E-state index contributed by atoms with van der Waals surface area (Å²) in [6, 6.07) is 0. The predicted molar refractivity (Wildman–Crippen MR) is 104 cm³/mol. The van der Waals surface area contributed by atoms with Crippen LogP contribution >= 0.6 is 0 Å². The normalized spacial score (nSPS) is 58.9. The van der Waals surface area contributed by atoms with Crippen molar-refractivity contribution in [3.05, 3.63) is 0 Å². The van der Waals surface area contributed by atoms with Gasteiger partial charge in [-0.2, -0.15) is 0 Å². The minimum absolute atomic E-state index is 0.683. The molecule has 0 aromatic carbocycles. The van der Waals surface area contributed by atoms with E-state index in [-0.39, 0.29) is 0 Å². The van der Waals surface area contributed by atoms with E-state index in [9.17, 15) is 0 Å². The van der Waals surface area contributed by atoms with Crippen LogP contribution in [-0.4, -0.2) is 0 Å². The van der Waals surface area contributed by atoms with Crippen molar-refractivity contribution in [1.82, 2.24) is 0 Å². The van der Waals surface area contributed by atoms with Gasteiger partial charge in [0.05, 0.1) is 0 Å². The van der Waals surface area contributed by atoms with Crippen molar-refractivity contribution in [3.8, 4) is 0 Å². The molecule has 1 unspecified atom stereocenters. The Bertz CT molecular complexity index is 524. The Balaban J connectivity index is 1.69. The van der Waals surface area contributed by atoms with Crippen molar-refractivity contribution in [3.63, 3.8) is 0 Å². The molecule has 0 aromatic rings. The Labute approximate surface area is 151 Å². The maximum atomic E-state index is 2.65. The van der Waals surface area contributed by atoms with Crippen molar-refractivity contribution in [2.24, 2.45) is 57.2 Å². The maximum absolute atomic E-state index is 2.65. The Morgan fingerprint density at radius 2 is 1.67 bits per heavy atom. The van der Waals surface area contributed by atoms with Gasteiger partial charge in [0, 0.05) is 0 Å². The lowest BCUT2D eigenvalue weighted by Gasteiger charge is -2.71. The summed E-state index contributed by atoms with van der Waals surface area (Å²) in [6.45, 7) is 20.3. The second-order valence-corrected chi connectivity index (χ2v) is 11.3. The van der Waals surface area contributed by atoms with Crippen molar-refractivity contribution in [2.75, 3.05) is 0 Å². The Morgan fingerprint density at radius 1 is 1.00 bits per heavy atom. The zero-order chi connectivity index (χ0) is 17.7. The second-order valence-electron chi connectivity index (χ2n) is 11.3. The van der Waals surface area contributed by atoms with E-state index in [1.165, 1.54) is 19.3 Å². The van der Waals surface area contributed by atoms with Gasteiger partial charge in [-0.25, -0.2) is 0 Å². The average Bonchev–Trinajstić information content (AvgIpc) is 2.84. The molecule has 9 atom stereocenters. The van der Waals surface area contributed by atoms with E-state index >= 15 is 0 Å². The minimum Gasteiger partial charge on any atom is -0.0651 e. The van der Waals surface area contributed by atoms with Crippen LogP contribution in [0.2, 0.25) is 0 Å². The highest BCUT2D eigenvalue weighted by atomic mass is 15.0. The lowest BCUT2D eigenvalue weighted by Crippen LogP contribution is -2.65. The molecule has 0 nitrogen and oxygen atoms in total.